The van der Waals surface area contributed by atoms with Gasteiger partial charge in [-0.15, -0.1) is 0 Å². The van der Waals surface area contributed by atoms with Crippen molar-refractivity contribution in [3.05, 3.63) is 28.8 Å². The molecule has 1 N–H and O–H groups in total. The Morgan fingerprint density at radius 3 is 2.36 bits per heavy atom. The van der Waals surface area contributed by atoms with E-state index in [2.05, 4.69) is 5.32 Å². The van der Waals surface area contributed by atoms with Crippen LogP contribution in [0.15, 0.2) is 12.1 Å². The molecular weight excluding hydrogens is 354 g/mol. The van der Waals surface area contributed by atoms with E-state index in [9.17, 15) is 14.4 Å². The molecule has 0 saturated carbocycles. The number of hydrogen-bond donors (Lipinski definition) is 1. The Bertz CT molecular complexity index is 734. The standard InChI is InChI=1S/C22H33N3O3/c1-14(2)21(27)25-9-7-8-18(12-25)22(28)24(6)13-19(26)23-20-16(4)10-15(3)11-17(20)5/h10-11,14,18H,7-9,12-13H2,1-6H3,(H,23,26). The van der Waals surface area contributed by atoms with Crippen molar-refractivity contribution in [2.45, 2.75) is 47.5 Å². The van der Waals surface area contributed by atoms with Gasteiger partial charge in [0.2, 0.25) is 17.7 Å². The topological polar surface area (TPSA) is 69.7 Å². The Morgan fingerprint density at radius 1 is 1.18 bits per heavy atom. The molecule has 0 bridgehead atoms. The van der Waals surface area contributed by atoms with E-state index >= 15 is 0 Å². The predicted molar refractivity (Wildman–Crippen MR) is 111 cm³/mol. The average Bonchev–Trinajstić information content (AvgIpc) is 2.63. The van der Waals surface area contributed by atoms with Crippen LogP contribution in [0.4, 0.5) is 5.69 Å². The summed E-state index contributed by atoms with van der Waals surface area (Å²) in [4.78, 5) is 40.8. The lowest BCUT2D eigenvalue weighted by Crippen LogP contribution is -2.48. The Balaban J connectivity index is 1.96. The second-order valence-electron chi connectivity index (χ2n) is 8.29. The third kappa shape index (κ3) is 5.33. The normalized spacial score (nSPS) is 16.8. The minimum Gasteiger partial charge on any atom is -0.342 e. The SMILES string of the molecule is Cc1cc(C)c(NC(=O)CN(C)C(=O)C2CCCN(C(=O)C(C)C)C2)c(C)c1. The average molecular weight is 388 g/mol. The molecule has 1 fully saturated rings. The van der Waals surface area contributed by atoms with Crippen LogP contribution in [-0.2, 0) is 14.4 Å². The highest BCUT2D eigenvalue weighted by atomic mass is 16.2. The highest BCUT2D eigenvalue weighted by molar-refractivity contribution is 5.96. The first-order valence-electron chi connectivity index (χ1n) is 10.0. The minimum absolute atomic E-state index is 0.000215. The van der Waals surface area contributed by atoms with Gasteiger partial charge in [-0.25, -0.2) is 0 Å². The third-order valence-corrected chi connectivity index (χ3v) is 5.27. The van der Waals surface area contributed by atoms with Crippen LogP contribution < -0.4 is 5.32 Å². The molecule has 6 nitrogen and oxygen atoms in total. The second kappa shape index (κ2) is 9.22. The van der Waals surface area contributed by atoms with Crippen molar-refractivity contribution in [1.82, 2.24) is 9.80 Å². The number of hydrogen-bond acceptors (Lipinski definition) is 3. The summed E-state index contributed by atoms with van der Waals surface area (Å²) in [5.74, 6) is -0.510. The molecule has 0 aromatic heterocycles. The van der Waals surface area contributed by atoms with Gasteiger partial charge >= 0.3 is 0 Å². The lowest BCUT2D eigenvalue weighted by atomic mass is 9.95. The van der Waals surface area contributed by atoms with Crippen molar-refractivity contribution in [1.29, 1.82) is 0 Å². The van der Waals surface area contributed by atoms with Crippen LogP contribution in [0, 0.1) is 32.6 Å². The molecule has 0 spiro atoms. The molecule has 1 aromatic rings. The summed E-state index contributed by atoms with van der Waals surface area (Å²) >= 11 is 0. The number of amides is 3. The molecule has 1 atom stereocenters. The maximum absolute atomic E-state index is 12.8. The largest absolute Gasteiger partial charge is 0.342 e. The summed E-state index contributed by atoms with van der Waals surface area (Å²) in [5, 5.41) is 2.94. The molecule has 2 rings (SSSR count). The highest BCUT2D eigenvalue weighted by Crippen LogP contribution is 2.23. The minimum atomic E-state index is -0.239. The molecule has 1 unspecified atom stereocenters. The van der Waals surface area contributed by atoms with Gasteiger partial charge in [0.05, 0.1) is 12.5 Å². The van der Waals surface area contributed by atoms with Crippen LogP contribution in [-0.4, -0.2) is 54.2 Å². The molecule has 0 radical (unpaired) electrons. The van der Waals surface area contributed by atoms with Crippen LogP contribution in [0.2, 0.25) is 0 Å². The fourth-order valence-electron chi connectivity index (χ4n) is 3.91. The Labute approximate surface area is 168 Å². The molecule has 1 aliphatic rings. The lowest BCUT2D eigenvalue weighted by molar-refractivity contribution is -0.143. The molecule has 1 aliphatic heterocycles. The van der Waals surface area contributed by atoms with Gasteiger partial charge in [-0.05, 0) is 44.7 Å². The molecule has 1 saturated heterocycles. The quantitative estimate of drug-likeness (QED) is 0.845. The van der Waals surface area contributed by atoms with Crippen LogP contribution in [0.25, 0.3) is 0 Å². The van der Waals surface area contributed by atoms with E-state index in [1.165, 1.54) is 4.90 Å². The van der Waals surface area contributed by atoms with Crippen molar-refractivity contribution < 1.29 is 14.4 Å². The lowest BCUT2D eigenvalue weighted by Gasteiger charge is -2.34. The number of piperidine rings is 1. The fourth-order valence-corrected chi connectivity index (χ4v) is 3.91. The van der Waals surface area contributed by atoms with E-state index in [1.807, 2.05) is 46.8 Å². The zero-order valence-electron chi connectivity index (χ0n) is 18.0. The monoisotopic (exact) mass is 387 g/mol. The number of anilines is 1. The van der Waals surface area contributed by atoms with Crippen molar-refractivity contribution in [2.75, 3.05) is 32.0 Å². The summed E-state index contributed by atoms with van der Waals surface area (Å²) in [6.45, 7) is 10.9. The first-order chi connectivity index (χ1) is 13.1. The van der Waals surface area contributed by atoms with E-state index in [1.54, 1.807) is 11.9 Å². The zero-order valence-corrected chi connectivity index (χ0v) is 18.0. The van der Waals surface area contributed by atoms with E-state index in [0.717, 1.165) is 35.2 Å². The highest BCUT2D eigenvalue weighted by Gasteiger charge is 2.31. The Kier molecular flexibility index (Phi) is 7.22. The van der Waals surface area contributed by atoms with Crippen LogP contribution in [0.3, 0.4) is 0 Å². The number of likely N-dealkylation sites (tertiary alicyclic amines) is 1. The first-order valence-corrected chi connectivity index (χ1v) is 10.0. The zero-order chi connectivity index (χ0) is 21.0. The summed E-state index contributed by atoms with van der Waals surface area (Å²) in [6, 6.07) is 4.06. The van der Waals surface area contributed by atoms with Crippen LogP contribution in [0.1, 0.15) is 43.4 Å². The second-order valence-corrected chi connectivity index (χ2v) is 8.29. The Hall–Kier alpha value is -2.37. The number of likely N-dealkylation sites (N-methyl/N-ethyl adjacent to an activating group) is 1. The summed E-state index contributed by atoms with van der Waals surface area (Å²) in [5.41, 5.74) is 3.98. The van der Waals surface area contributed by atoms with E-state index in [0.29, 0.717) is 13.1 Å². The number of carbonyl (C=O) groups excluding carboxylic acids is 3. The maximum Gasteiger partial charge on any atom is 0.243 e. The van der Waals surface area contributed by atoms with Gasteiger partial charge in [-0.1, -0.05) is 31.5 Å². The van der Waals surface area contributed by atoms with E-state index < -0.39 is 0 Å². The van der Waals surface area contributed by atoms with Crippen molar-refractivity contribution >= 4 is 23.4 Å². The maximum atomic E-state index is 12.8. The van der Waals surface area contributed by atoms with Crippen LogP contribution >= 0.6 is 0 Å². The molecule has 6 heteroatoms. The number of nitrogens with one attached hydrogen (secondary N) is 1. The number of rotatable bonds is 5. The van der Waals surface area contributed by atoms with Gasteiger partial charge < -0.3 is 15.1 Å². The van der Waals surface area contributed by atoms with E-state index in [-0.39, 0.29) is 36.1 Å². The number of nitrogens with zero attached hydrogens (tertiary/aromatic N) is 2. The fraction of sp³-hybridized carbons (Fsp3) is 0.591. The van der Waals surface area contributed by atoms with Gasteiger partial charge in [-0.3, -0.25) is 14.4 Å². The van der Waals surface area contributed by atoms with Gasteiger partial charge in [0.1, 0.15) is 0 Å². The van der Waals surface area contributed by atoms with Crippen molar-refractivity contribution in [3.8, 4) is 0 Å². The smallest absolute Gasteiger partial charge is 0.243 e. The third-order valence-electron chi connectivity index (χ3n) is 5.27. The van der Waals surface area contributed by atoms with Gasteiger partial charge in [0, 0.05) is 31.7 Å². The van der Waals surface area contributed by atoms with Crippen molar-refractivity contribution in [3.63, 3.8) is 0 Å². The predicted octanol–water partition coefficient (Wildman–Crippen LogP) is 2.90. The summed E-state index contributed by atoms with van der Waals surface area (Å²) < 4.78 is 0. The Morgan fingerprint density at radius 2 is 1.79 bits per heavy atom. The molecule has 154 valence electrons. The van der Waals surface area contributed by atoms with Crippen LogP contribution in [0.5, 0.6) is 0 Å². The van der Waals surface area contributed by atoms with Gasteiger partial charge in [0.15, 0.2) is 0 Å². The van der Waals surface area contributed by atoms with Crippen molar-refractivity contribution in [2.24, 2.45) is 11.8 Å². The molecule has 1 heterocycles. The first kappa shape index (κ1) is 21.9. The molecular formula is C22H33N3O3. The van der Waals surface area contributed by atoms with Gasteiger partial charge in [0.25, 0.3) is 0 Å². The molecule has 3 amide bonds. The number of benzene rings is 1. The molecule has 28 heavy (non-hydrogen) atoms. The van der Waals surface area contributed by atoms with E-state index in [4.69, 9.17) is 0 Å². The number of carbonyl (C=O) groups is 3. The summed E-state index contributed by atoms with van der Waals surface area (Å²) in [7, 11) is 1.65. The molecule has 0 aliphatic carbocycles. The molecule has 1 aromatic carbocycles. The summed E-state index contributed by atoms with van der Waals surface area (Å²) in [6.07, 6.45) is 1.57. The number of aryl methyl sites for hydroxylation is 3. The van der Waals surface area contributed by atoms with Gasteiger partial charge in [-0.2, -0.15) is 0 Å².